The first-order valence-corrected chi connectivity index (χ1v) is 15.5. The molecule has 3 rings (SSSR count). The molecular formula is C28H38ClN3O3Si. The fraction of sp³-hybridized carbons (Fsp3) is 0.464. The summed E-state index contributed by atoms with van der Waals surface area (Å²) in [4.78, 5) is 22.7. The van der Waals surface area contributed by atoms with Gasteiger partial charge in [-0.25, -0.2) is 4.79 Å². The minimum Gasteiger partial charge on any atom is -0.465 e. The second kappa shape index (κ2) is 10.5. The average molecular weight is 528 g/mol. The van der Waals surface area contributed by atoms with Gasteiger partial charge in [0.2, 0.25) is 0 Å². The van der Waals surface area contributed by atoms with E-state index in [1.807, 2.05) is 45.0 Å². The number of hydrogen-bond acceptors (Lipinski definition) is 4. The molecule has 0 bridgehead atoms. The molecule has 36 heavy (non-hydrogen) atoms. The topological polar surface area (TPSA) is 75.5 Å². The van der Waals surface area contributed by atoms with Crippen molar-refractivity contribution >= 4 is 36.9 Å². The third kappa shape index (κ3) is 7.05. The van der Waals surface area contributed by atoms with E-state index in [0.29, 0.717) is 23.7 Å². The lowest BCUT2D eigenvalue weighted by Gasteiger charge is -2.36. The molecule has 0 spiro atoms. The van der Waals surface area contributed by atoms with Crippen LogP contribution in [-0.2, 0) is 24.0 Å². The third-order valence-electron chi connectivity index (χ3n) is 6.86. The first-order chi connectivity index (χ1) is 16.5. The number of carbonyl (C=O) groups is 1. The largest absolute Gasteiger partial charge is 0.465 e. The van der Waals surface area contributed by atoms with Crippen LogP contribution in [0.3, 0.4) is 0 Å². The van der Waals surface area contributed by atoms with Crippen molar-refractivity contribution in [2.75, 3.05) is 0 Å². The number of rotatable bonds is 7. The highest BCUT2D eigenvalue weighted by atomic mass is 35.5. The molecule has 3 aromatic rings. The molecular weight excluding hydrogens is 490 g/mol. The molecule has 0 aliphatic carbocycles. The van der Waals surface area contributed by atoms with E-state index in [9.17, 15) is 9.90 Å². The van der Waals surface area contributed by atoms with Crippen molar-refractivity contribution in [3.05, 3.63) is 70.1 Å². The Morgan fingerprint density at radius 2 is 1.69 bits per heavy atom. The molecule has 0 fully saturated rings. The maximum Gasteiger partial charge on any atom is 0.408 e. The summed E-state index contributed by atoms with van der Waals surface area (Å²) in [7, 11) is -1.96. The summed E-state index contributed by atoms with van der Waals surface area (Å²) in [5.74, 6) is 0. The van der Waals surface area contributed by atoms with Gasteiger partial charge in [-0.1, -0.05) is 38.4 Å². The lowest BCUT2D eigenvalue weighted by Crippen LogP contribution is -2.44. The fourth-order valence-electron chi connectivity index (χ4n) is 3.68. The molecule has 0 radical (unpaired) electrons. The highest BCUT2D eigenvalue weighted by Gasteiger charge is 2.37. The molecule has 0 atom stereocenters. The Morgan fingerprint density at radius 3 is 2.31 bits per heavy atom. The molecule has 8 heteroatoms. The zero-order chi connectivity index (χ0) is 26.9. The standard InChI is InChI=1S/C28H38ClN3O3Si/c1-27(2,3)32(26(33)34)17-24-14-20(18-35-36(7,8)28(4,5)6)13-23(31-24)12-19-9-10-25-21(11-19)15-22(29)16-30-25/h9-11,13-16H,12,17-18H2,1-8H3,(H,33,34). The minimum atomic E-state index is -1.96. The van der Waals surface area contributed by atoms with Gasteiger partial charge in [-0.2, -0.15) is 0 Å². The smallest absolute Gasteiger partial charge is 0.408 e. The summed E-state index contributed by atoms with van der Waals surface area (Å²) < 4.78 is 6.49. The first kappa shape index (κ1) is 28.1. The molecule has 194 valence electrons. The molecule has 6 nitrogen and oxygen atoms in total. The first-order valence-electron chi connectivity index (χ1n) is 12.2. The highest BCUT2D eigenvalue weighted by Crippen LogP contribution is 2.37. The number of amides is 1. The molecule has 1 amide bonds. The summed E-state index contributed by atoms with van der Waals surface area (Å²) in [6.07, 6.45) is 1.28. The van der Waals surface area contributed by atoms with Crippen LogP contribution in [-0.4, -0.2) is 39.9 Å². The van der Waals surface area contributed by atoms with Crippen molar-refractivity contribution in [3.8, 4) is 0 Å². The Bertz CT molecular complexity index is 1250. The van der Waals surface area contributed by atoms with Crippen molar-refractivity contribution in [1.29, 1.82) is 0 Å². The summed E-state index contributed by atoms with van der Waals surface area (Å²) in [6, 6.07) is 12.1. The van der Waals surface area contributed by atoms with E-state index in [-0.39, 0.29) is 11.6 Å². The molecule has 0 aliphatic rings. The van der Waals surface area contributed by atoms with Crippen LogP contribution >= 0.6 is 11.6 Å². The predicted octanol–water partition coefficient (Wildman–Crippen LogP) is 7.67. The molecule has 1 N–H and O–H groups in total. The normalized spacial score (nSPS) is 12.7. The van der Waals surface area contributed by atoms with Crippen LogP contribution in [0.2, 0.25) is 23.2 Å². The third-order valence-corrected chi connectivity index (χ3v) is 11.5. The fourth-order valence-corrected chi connectivity index (χ4v) is 4.81. The van der Waals surface area contributed by atoms with Crippen LogP contribution in [0.1, 0.15) is 64.1 Å². The van der Waals surface area contributed by atoms with E-state index < -0.39 is 19.9 Å². The zero-order valence-electron chi connectivity index (χ0n) is 22.6. The number of aromatic nitrogens is 2. The van der Waals surface area contributed by atoms with E-state index >= 15 is 0 Å². The predicted molar refractivity (Wildman–Crippen MR) is 149 cm³/mol. The number of carboxylic acid groups (broad SMARTS) is 1. The Balaban J connectivity index is 1.96. The monoisotopic (exact) mass is 527 g/mol. The van der Waals surface area contributed by atoms with Crippen LogP contribution in [0.15, 0.2) is 42.6 Å². The number of halogens is 1. The van der Waals surface area contributed by atoms with Gasteiger partial charge in [0.1, 0.15) is 0 Å². The molecule has 0 saturated carbocycles. The molecule has 0 unspecified atom stereocenters. The van der Waals surface area contributed by atoms with Crippen LogP contribution in [0.5, 0.6) is 0 Å². The van der Waals surface area contributed by atoms with E-state index in [1.165, 1.54) is 4.90 Å². The van der Waals surface area contributed by atoms with Crippen molar-refractivity contribution in [2.24, 2.45) is 0 Å². The van der Waals surface area contributed by atoms with Crippen molar-refractivity contribution in [1.82, 2.24) is 14.9 Å². The summed E-state index contributed by atoms with van der Waals surface area (Å²) >= 11 is 6.15. The van der Waals surface area contributed by atoms with E-state index in [0.717, 1.165) is 27.7 Å². The molecule has 0 saturated heterocycles. The van der Waals surface area contributed by atoms with Crippen molar-refractivity contribution < 1.29 is 14.3 Å². The molecule has 2 heterocycles. The van der Waals surface area contributed by atoms with E-state index in [1.54, 1.807) is 6.20 Å². The zero-order valence-corrected chi connectivity index (χ0v) is 24.4. The number of benzene rings is 1. The van der Waals surface area contributed by atoms with Gasteiger partial charge in [0, 0.05) is 29.2 Å². The molecule has 1 aromatic carbocycles. The number of hydrogen-bond donors (Lipinski definition) is 1. The van der Waals surface area contributed by atoms with E-state index in [4.69, 9.17) is 21.0 Å². The summed E-state index contributed by atoms with van der Waals surface area (Å²) in [6.45, 7) is 17.5. The summed E-state index contributed by atoms with van der Waals surface area (Å²) in [5.41, 5.74) is 4.00. The maximum atomic E-state index is 12.0. The SMILES string of the molecule is CC(C)(C)N(Cc1cc(CO[Si](C)(C)C(C)(C)C)cc(Cc2ccc3ncc(Cl)cc3c2)n1)C(=O)O. The lowest BCUT2D eigenvalue weighted by molar-refractivity contribution is 0.0946. The Kier molecular flexibility index (Phi) is 8.18. The van der Waals surface area contributed by atoms with Gasteiger partial charge in [0.25, 0.3) is 0 Å². The van der Waals surface area contributed by atoms with Crippen LogP contribution in [0.4, 0.5) is 4.79 Å². The van der Waals surface area contributed by atoms with Crippen LogP contribution in [0, 0.1) is 0 Å². The van der Waals surface area contributed by atoms with Crippen molar-refractivity contribution in [3.63, 3.8) is 0 Å². The van der Waals surface area contributed by atoms with Gasteiger partial charge in [0.15, 0.2) is 8.32 Å². The van der Waals surface area contributed by atoms with E-state index in [2.05, 4.69) is 51.0 Å². The summed E-state index contributed by atoms with van der Waals surface area (Å²) in [5, 5.41) is 11.5. The lowest BCUT2D eigenvalue weighted by atomic mass is 10.0. The number of fused-ring (bicyclic) bond motifs is 1. The molecule has 0 aliphatic heterocycles. The van der Waals surface area contributed by atoms with Gasteiger partial charge in [0.05, 0.1) is 29.4 Å². The second-order valence-corrected chi connectivity index (χ2v) is 17.1. The Labute approximate surface area is 220 Å². The Hall–Kier alpha value is -2.48. The second-order valence-electron chi connectivity index (χ2n) is 11.9. The van der Waals surface area contributed by atoms with Crippen LogP contribution in [0.25, 0.3) is 10.9 Å². The highest BCUT2D eigenvalue weighted by molar-refractivity contribution is 6.74. The Morgan fingerprint density at radius 1 is 1.03 bits per heavy atom. The molecule has 2 aromatic heterocycles. The minimum absolute atomic E-state index is 0.0957. The maximum absolute atomic E-state index is 12.0. The average Bonchev–Trinajstić information content (AvgIpc) is 2.74. The van der Waals surface area contributed by atoms with Gasteiger partial charge in [-0.3, -0.25) is 14.9 Å². The quantitative estimate of drug-likeness (QED) is 0.319. The van der Waals surface area contributed by atoms with Crippen molar-refractivity contribution in [2.45, 2.75) is 84.8 Å². The van der Waals surface area contributed by atoms with Gasteiger partial charge in [-0.05, 0) is 80.4 Å². The number of nitrogens with zero attached hydrogens (tertiary/aromatic N) is 3. The number of pyridine rings is 2. The van der Waals surface area contributed by atoms with Crippen LogP contribution < -0.4 is 0 Å². The van der Waals surface area contributed by atoms with Gasteiger partial charge in [-0.15, -0.1) is 0 Å². The van der Waals surface area contributed by atoms with Gasteiger partial charge >= 0.3 is 6.09 Å². The van der Waals surface area contributed by atoms with Gasteiger partial charge < -0.3 is 9.53 Å².